The van der Waals surface area contributed by atoms with Gasteiger partial charge in [-0.1, -0.05) is 26.0 Å². The predicted octanol–water partition coefficient (Wildman–Crippen LogP) is -0.158. The molecule has 3 amide bonds. The molecule has 0 heterocycles. The number of carbonyl (C=O) groups is 4. The molecule has 3 atom stereocenters. The van der Waals surface area contributed by atoms with Crippen molar-refractivity contribution in [3.63, 3.8) is 0 Å². The number of nitrogens with one attached hydrogen (secondary N) is 3. The lowest BCUT2D eigenvalue weighted by atomic mass is 10.0. The van der Waals surface area contributed by atoms with Crippen molar-refractivity contribution in [1.29, 1.82) is 0 Å². The summed E-state index contributed by atoms with van der Waals surface area (Å²) in [5.74, 6) is -2.52. The van der Waals surface area contributed by atoms with Crippen LogP contribution in [0.4, 0.5) is 0 Å². The third kappa shape index (κ3) is 9.56. The van der Waals surface area contributed by atoms with Crippen molar-refractivity contribution >= 4 is 35.5 Å². The van der Waals surface area contributed by atoms with E-state index in [2.05, 4.69) is 16.0 Å². The number of amides is 3. The minimum absolute atomic E-state index is 0.103. The number of aliphatic carboxylic acids is 1. The molecule has 0 bridgehead atoms. The monoisotopic (exact) mass is 468 g/mol. The number of aromatic hydroxyl groups is 1. The van der Waals surface area contributed by atoms with Gasteiger partial charge in [-0.3, -0.25) is 14.4 Å². The molecule has 0 saturated heterocycles. The van der Waals surface area contributed by atoms with E-state index in [9.17, 15) is 29.4 Å². The SMILES string of the molecule is CSCCC(NC(=O)C(NC(=O)CNC(=O)C(N)Cc1ccc(O)cc1)C(C)C)C(=O)O. The van der Waals surface area contributed by atoms with Gasteiger partial charge >= 0.3 is 5.97 Å². The highest BCUT2D eigenvalue weighted by Gasteiger charge is 2.28. The lowest BCUT2D eigenvalue weighted by Gasteiger charge is -2.24. The molecule has 0 aliphatic heterocycles. The number of rotatable bonds is 13. The van der Waals surface area contributed by atoms with E-state index in [1.165, 1.54) is 23.9 Å². The zero-order valence-electron chi connectivity index (χ0n) is 18.5. The van der Waals surface area contributed by atoms with E-state index in [0.29, 0.717) is 5.75 Å². The summed E-state index contributed by atoms with van der Waals surface area (Å²) >= 11 is 1.47. The molecule has 0 saturated carbocycles. The zero-order chi connectivity index (χ0) is 24.3. The Hall–Kier alpha value is -2.79. The number of hydrogen-bond donors (Lipinski definition) is 6. The highest BCUT2D eigenvalue weighted by atomic mass is 32.2. The first-order chi connectivity index (χ1) is 15.0. The topological polar surface area (TPSA) is 171 Å². The van der Waals surface area contributed by atoms with Gasteiger partial charge in [0.1, 0.15) is 17.8 Å². The van der Waals surface area contributed by atoms with E-state index in [4.69, 9.17) is 5.73 Å². The van der Waals surface area contributed by atoms with Gasteiger partial charge in [0.05, 0.1) is 12.6 Å². The largest absolute Gasteiger partial charge is 0.508 e. The molecule has 0 fully saturated rings. The second-order valence-corrected chi connectivity index (χ2v) is 8.65. The highest BCUT2D eigenvalue weighted by molar-refractivity contribution is 7.98. The Kier molecular flexibility index (Phi) is 11.6. The van der Waals surface area contributed by atoms with Crippen molar-refractivity contribution in [2.45, 2.75) is 44.8 Å². The van der Waals surface area contributed by atoms with Crippen LogP contribution in [0, 0.1) is 5.92 Å². The fourth-order valence-corrected chi connectivity index (χ4v) is 3.26. The predicted molar refractivity (Wildman–Crippen MR) is 122 cm³/mol. The van der Waals surface area contributed by atoms with Gasteiger partial charge < -0.3 is 31.9 Å². The minimum atomic E-state index is -1.14. The van der Waals surface area contributed by atoms with E-state index >= 15 is 0 Å². The standard InChI is InChI=1S/C21H32N4O6S/c1-12(2)18(20(29)24-16(21(30)31)8-9-32-3)25-17(27)11-23-19(28)15(22)10-13-4-6-14(26)7-5-13/h4-7,12,15-16,18,26H,8-11,22H2,1-3H3,(H,23,28)(H,24,29)(H,25,27)(H,30,31). The molecule has 0 aliphatic carbocycles. The van der Waals surface area contributed by atoms with Gasteiger partial charge in [0.2, 0.25) is 17.7 Å². The van der Waals surface area contributed by atoms with Crippen LogP contribution in [-0.2, 0) is 25.6 Å². The lowest BCUT2D eigenvalue weighted by Crippen LogP contribution is -2.55. The quantitative estimate of drug-likeness (QED) is 0.232. The lowest BCUT2D eigenvalue weighted by molar-refractivity contribution is -0.142. The van der Waals surface area contributed by atoms with Crippen molar-refractivity contribution in [1.82, 2.24) is 16.0 Å². The second kappa shape index (κ2) is 13.6. The normalized spacial score (nSPS) is 13.7. The summed E-state index contributed by atoms with van der Waals surface area (Å²) in [7, 11) is 0. The molecule has 0 spiro atoms. The molecule has 1 aromatic carbocycles. The number of hydrogen-bond acceptors (Lipinski definition) is 7. The van der Waals surface area contributed by atoms with Crippen LogP contribution in [0.2, 0.25) is 0 Å². The van der Waals surface area contributed by atoms with Crippen LogP contribution in [0.5, 0.6) is 5.75 Å². The summed E-state index contributed by atoms with van der Waals surface area (Å²) in [6.45, 7) is 3.05. The summed E-state index contributed by atoms with van der Waals surface area (Å²) in [5.41, 5.74) is 6.62. The van der Waals surface area contributed by atoms with Gasteiger partial charge in [0.15, 0.2) is 0 Å². The third-order valence-electron chi connectivity index (χ3n) is 4.64. The maximum atomic E-state index is 12.6. The number of benzene rings is 1. The maximum Gasteiger partial charge on any atom is 0.326 e. The third-order valence-corrected chi connectivity index (χ3v) is 5.29. The van der Waals surface area contributed by atoms with Gasteiger partial charge in [-0.25, -0.2) is 4.79 Å². The van der Waals surface area contributed by atoms with Gasteiger partial charge in [-0.05, 0) is 48.5 Å². The molecule has 0 aromatic heterocycles. The van der Waals surface area contributed by atoms with Crippen LogP contribution in [0.1, 0.15) is 25.8 Å². The number of thioether (sulfide) groups is 1. The van der Waals surface area contributed by atoms with E-state index in [1.807, 2.05) is 6.26 Å². The van der Waals surface area contributed by atoms with E-state index in [0.717, 1.165) is 5.56 Å². The number of phenols is 1. The number of carboxylic acid groups (broad SMARTS) is 1. The van der Waals surface area contributed by atoms with Crippen molar-refractivity contribution in [2.75, 3.05) is 18.6 Å². The van der Waals surface area contributed by atoms with Crippen LogP contribution < -0.4 is 21.7 Å². The van der Waals surface area contributed by atoms with Gasteiger partial charge in [0, 0.05) is 0 Å². The molecule has 32 heavy (non-hydrogen) atoms. The highest BCUT2D eigenvalue weighted by Crippen LogP contribution is 2.11. The molecule has 0 radical (unpaired) electrons. The Balaban J connectivity index is 2.58. The van der Waals surface area contributed by atoms with E-state index in [-0.39, 0.29) is 31.1 Å². The summed E-state index contributed by atoms with van der Waals surface area (Å²) in [6.07, 6.45) is 2.32. The van der Waals surface area contributed by atoms with Crippen molar-refractivity contribution < 1.29 is 29.4 Å². The Morgan fingerprint density at radius 1 is 1.06 bits per heavy atom. The maximum absolute atomic E-state index is 12.6. The van der Waals surface area contributed by atoms with Crippen LogP contribution in [0.15, 0.2) is 24.3 Å². The number of nitrogens with two attached hydrogens (primary N) is 1. The summed E-state index contributed by atoms with van der Waals surface area (Å²) in [4.78, 5) is 48.4. The first-order valence-corrected chi connectivity index (χ1v) is 11.6. The van der Waals surface area contributed by atoms with E-state index < -0.39 is 41.8 Å². The van der Waals surface area contributed by atoms with Crippen LogP contribution >= 0.6 is 11.8 Å². The molecular formula is C21H32N4O6S. The molecule has 10 nitrogen and oxygen atoms in total. The molecule has 178 valence electrons. The van der Waals surface area contributed by atoms with Crippen molar-refractivity contribution in [3.8, 4) is 5.75 Å². The minimum Gasteiger partial charge on any atom is -0.508 e. The molecule has 7 N–H and O–H groups in total. The van der Waals surface area contributed by atoms with Crippen LogP contribution in [0.3, 0.4) is 0 Å². The summed E-state index contributed by atoms with van der Waals surface area (Å²) < 4.78 is 0. The fraction of sp³-hybridized carbons (Fsp3) is 0.524. The van der Waals surface area contributed by atoms with Crippen molar-refractivity contribution in [3.05, 3.63) is 29.8 Å². The van der Waals surface area contributed by atoms with Crippen LogP contribution in [0.25, 0.3) is 0 Å². The molecule has 1 rings (SSSR count). The second-order valence-electron chi connectivity index (χ2n) is 7.66. The van der Waals surface area contributed by atoms with E-state index in [1.54, 1.807) is 26.0 Å². The summed E-state index contributed by atoms with van der Waals surface area (Å²) in [5, 5.41) is 26.0. The smallest absolute Gasteiger partial charge is 0.326 e. The van der Waals surface area contributed by atoms with Gasteiger partial charge in [-0.2, -0.15) is 11.8 Å². The number of carbonyl (C=O) groups excluding carboxylic acids is 3. The first kappa shape index (κ1) is 27.2. The fourth-order valence-electron chi connectivity index (χ4n) is 2.79. The van der Waals surface area contributed by atoms with Crippen LogP contribution in [-0.4, -0.2) is 70.6 Å². The summed E-state index contributed by atoms with van der Waals surface area (Å²) in [6, 6.07) is 3.35. The Morgan fingerprint density at radius 2 is 1.69 bits per heavy atom. The molecule has 1 aromatic rings. The molecular weight excluding hydrogens is 436 g/mol. The Labute approximate surface area is 191 Å². The first-order valence-electron chi connectivity index (χ1n) is 10.2. The average molecular weight is 469 g/mol. The number of phenolic OH excluding ortho intramolecular Hbond substituents is 1. The molecule has 0 aliphatic rings. The average Bonchev–Trinajstić information content (AvgIpc) is 2.74. The Morgan fingerprint density at radius 3 is 2.22 bits per heavy atom. The van der Waals surface area contributed by atoms with Gasteiger partial charge in [-0.15, -0.1) is 0 Å². The van der Waals surface area contributed by atoms with Crippen molar-refractivity contribution in [2.24, 2.45) is 11.7 Å². The Bertz CT molecular complexity index is 787. The molecule has 11 heteroatoms. The van der Waals surface area contributed by atoms with Gasteiger partial charge in [0.25, 0.3) is 0 Å². The molecule has 3 unspecified atom stereocenters. The zero-order valence-corrected chi connectivity index (χ0v) is 19.3. The number of carboxylic acids is 1.